The maximum Gasteiger partial charge on any atom is 0.203 e. The van der Waals surface area contributed by atoms with Gasteiger partial charge in [-0.1, -0.05) is 41.2 Å². The number of hydrogen-bond donors (Lipinski definition) is 1. The van der Waals surface area contributed by atoms with Crippen LogP contribution in [-0.2, 0) is 5.41 Å². The molecule has 84 valence electrons. The van der Waals surface area contributed by atoms with Crippen LogP contribution in [0.4, 0.5) is 5.13 Å². The van der Waals surface area contributed by atoms with Gasteiger partial charge in [0.2, 0.25) is 5.13 Å². The number of rotatable bonds is 2. The fourth-order valence-corrected chi connectivity index (χ4v) is 2.32. The first-order chi connectivity index (χ1) is 7.50. The SMILES string of the molecule is Cc1ccc(C(C)(C)c2nnc(N)s2)cc1. The number of nitrogens with two attached hydrogens (primary N) is 1. The molecule has 0 atom stereocenters. The Morgan fingerprint density at radius 3 is 2.25 bits per heavy atom. The fraction of sp³-hybridized carbons (Fsp3) is 0.333. The van der Waals surface area contributed by atoms with Crippen molar-refractivity contribution in [3.8, 4) is 0 Å². The first kappa shape index (κ1) is 11.1. The van der Waals surface area contributed by atoms with Gasteiger partial charge in [-0.05, 0) is 26.3 Å². The monoisotopic (exact) mass is 233 g/mol. The number of nitrogens with zero attached hydrogens (tertiary/aromatic N) is 2. The molecule has 0 aliphatic rings. The summed E-state index contributed by atoms with van der Waals surface area (Å²) in [6.07, 6.45) is 0. The third kappa shape index (κ3) is 1.93. The van der Waals surface area contributed by atoms with Crippen LogP contribution < -0.4 is 5.73 Å². The molecule has 2 N–H and O–H groups in total. The van der Waals surface area contributed by atoms with Gasteiger partial charge in [-0.2, -0.15) is 0 Å². The lowest BCUT2D eigenvalue weighted by Crippen LogP contribution is -2.18. The van der Waals surface area contributed by atoms with Crippen LogP contribution >= 0.6 is 11.3 Å². The lowest BCUT2D eigenvalue weighted by Gasteiger charge is -2.21. The third-order valence-corrected chi connectivity index (χ3v) is 3.82. The van der Waals surface area contributed by atoms with E-state index in [-0.39, 0.29) is 5.41 Å². The van der Waals surface area contributed by atoms with Crippen LogP contribution in [0.15, 0.2) is 24.3 Å². The van der Waals surface area contributed by atoms with Gasteiger partial charge in [0.1, 0.15) is 5.01 Å². The minimum atomic E-state index is -0.136. The molecule has 0 aliphatic carbocycles. The average Bonchev–Trinajstić information content (AvgIpc) is 2.66. The molecule has 0 unspecified atom stereocenters. The van der Waals surface area contributed by atoms with Gasteiger partial charge >= 0.3 is 0 Å². The summed E-state index contributed by atoms with van der Waals surface area (Å²) in [4.78, 5) is 0. The van der Waals surface area contributed by atoms with Crippen molar-refractivity contribution in [1.29, 1.82) is 0 Å². The lowest BCUT2D eigenvalue weighted by molar-refractivity contribution is 0.626. The summed E-state index contributed by atoms with van der Waals surface area (Å²) >= 11 is 1.45. The van der Waals surface area contributed by atoms with Gasteiger partial charge in [0.15, 0.2) is 0 Å². The molecule has 3 nitrogen and oxygen atoms in total. The fourth-order valence-electron chi connectivity index (χ4n) is 1.58. The third-order valence-electron chi connectivity index (χ3n) is 2.75. The van der Waals surface area contributed by atoms with Crippen molar-refractivity contribution in [2.24, 2.45) is 0 Å². The Morgan fingerprint density at radius 2 is 1.75 bits per heavy atom. The lowest BCUT2D eigenvalue weighted by atomic mass is 9.85. The molecule has 0 radical (unpaired) electrons. The number of aromatic nitrogens is 2. The van der Waals surface area contributed by atoms with E-state index in [4.69, 9.17) is 5.73 Å². The molecule has 0 aliphatic heterocycles. The van der Waals surface area contributed by atoms with Gasteiger partial charge < -0.3 is 5.73 Å². The molecular weight excluding hydrogens is 218 g/mol. The van der Waals surface area contributed by atoms with Gasteiger partial charge in [-0.25, -0.2) is 0 Å². The van der Waals surface area contributed by atoms with E-state index in [1.165, 1.54) is 22.5 Å². The normalized spacial score (nSPS) is 11.7. The molecule has 2 rings (SSSR count). The molecule has 0 saturated heterocycles. The van der Waals surface area contributed by atoms with Gasteiger partial charge in [0, 0.05) is 5.41 Å². The predicted octanol–water partition coefficient (Wildman–Crippen LogP) is 2.75. The summed E-state index contributed by atoms with van der Waals surface area (Å²) in [5, 5.41) is 9.48. The number of nitrogen functional groups attached to an aromatic ring is 1. The van der Waals surface area contributed by atoms with Crippen LogP contribution in [0.3, 0.4) is 0 Å². The maximum absolute atomic E-state index is 5.62. The highest BCUT2D eigenvalue weighted by atomic mass is 32.1. The minimum absolute atomic E-state index is 0.136. The molecule has 2 aromatic rings. The Hall–Kier alpha value is -1.42. The topological polar surface area (TPSA) is 51.8 Å². The van der Waals surface area contributed by atoms with E-state index in [9.17, 15) is 0 Å². The molecule has 1 aromatic heterocycles. The van der Waals surface area contributed by atoms with Crippen molar-refractivity contribution < 1.29 is 0 Å². The molecule has 0 fully saturated rings. The first-order valence-electron chi connectivity index (χ1n) is 5.17. The zero-order valence-corrected chi connectivity index (χ0v) is 10.5. The van der Waals surface area contributed by atoms with E-state index >= 15 is 0 Å². The van der Waals surface area contributed by atoms with Crippen LogP contribution in [0.2, 0.25) is 0 Å². The predicted molar refractivity (Wildman–Crippen MR) is 67.6 cm³/mol. The van der Waals surface area contributed by atoms with Crippen LogP contribution in [0, 0.1) is 6.92 Å². The zero-order chi connectivity index (χ0) is 11.8. The molecule has 0 spiro atoms. The Morgan fingerprint density at radius 1 is 1.12 bits per heavy atom. The van der Waals surface area contributed by atoms with Crippen molar-refractivity contribution in [3.05, 3.63) is 40.4 Å². The van der Waals surface area contributed by atoms with Gasteiger partial charge in [-0.15, -0.1) is 10.2 Å². The van der Waals surface area contributed by atoms with Crippen LogP contribution in [-0.4, -0.2) is 10.2 Å². The second-order valence-electron chi connectivity index (χ2n) is 4.44. The van der Waals surface area contributed by atoms with E-state index in [0.29, 0.717) is 5.13 Å². The highest BCUT2D eigenvalue weighted by Crippen LogP contribution is 2.33. The van der Waals surface area contributed by atoms with E-state index in [0.717, 1.165) is 5.01 Å². The Bertz CT molecular complexity index is 485. The summed E-state index contributed by atoms with van der Waals surface area (Å²) in [5.74, 6) is 0. The first-order valence-corrected chi connectivity index (χ1v) is 5.98. The summed E-state index contributed by atoms with van der Waals surface area (Å²) in [5.41, 5.74) is 7.98. The number of aryl methyl sites for hydroxylation is 1. The maximum atomic E-state index is 5.62. The number of anilines is 1. The van der Waals surface area contributed by atoms with Gasteiger partial charge in [0.25, 0.3) is 0 Å². The molecule has 0 bridgehead atoms. The minimum Gasteiger partial charge on any atom is -0.374 e. The van der Waals surface area contributed by atoms with Crippen molar-refractivity contribution in [3.63, 3.8) is 0 Å². The van der Waals surface area contributed by atoms with Crippen molar-refractivity contribution in [2.75, 3.05) is 5.73 Å². The van der Waals surface area contributed by atoms with E-state index in [1.54, 1.807) is 0 Å². The van der Waals surface area contributed by atoms with Crippen molar-refractivity contribution in [1.82, 2.24) is 10.2 Å². The molecule has 4 heteroatoms. The summed E-state index contributed by atoms with van der Waals surface area (Å²) in [6.45, 7) is 6.36. The highest BCUT2D eigenvalue weighted by molar-refractivity contribution is 7.15. The molecule has 0 amide bonds. The molecule has 16 heavy (non-hydrogen) atoms. The highest BCUT2D eigenvalue weighted by Gasteiger charge is 2.27. The number of benzene rings is 1. The van der Waals surface area contributed by atoms with E-state index in [1.807, 2.05) is 0 Å². The molecular formula is C12H15N3S. The quantitative estimate of drug-likeness (QED) is 0.867. The van der Waals surface area contributed by atoms with E-state index in [2.05, 4.69) is 55.2 Å². The second kappa shape index (κ2) is 3.87. The molecule has 1 aromatic carbocycles. The Balaban J connectivity index is 2.42. The second-order valence-corrected chi connectivity index (χ2v) is 5.45. The van der Waals surface area contributed by atoms with Crippen molar-refractivity contribution in [2.45, 2.75) is 26.2 Å². The van der Waals surface area contributed by atoms with E-state index < -0.39 is 0 Å². The molecule has 1 heterocycles. The van der Waals surface area contributed by atoms with Crippen LogP contribution in [0.25, 0.3) is 0 Å². The standard InChI is InChI=1S/C12H15N3S/c1-8-4-6-9(7-5-8)12(2,3)10-14-15-11(13)16-10/h4-7H,1-3H3,(H2,13,15). The van der Waals surface area contributed by atoms with Crippen LogP contribution in [0.1, 0.15) is 30.0 Å². The Kier molecular flexibility index (Phi) is 2.68. The zero-order valence-electron chi connectivity index (χ0n) is 9.69. The molecule has 0 saturated carbocycles. The summed E-state index contributed by atoms with van der Waals surface area (Å²) in [6, 6.07) is 8.49. The smallest absolute Gasteiger partial charge is 0.203 e. The average molecular weight is 233 g/mol. The van der Waals surface area contributed by atoms with Gasteiger partial charge in [0.05, 0.1) is 0 Å². The largest absolute Gasteiger partial charge is 0.374 e. The van der Waals surface area contributed by atoms with Gasteiger partial charge in [-0.3, -0.25) is 0 Å². The van der Waals surface area contributed by atoms with Crippen molar-refractivity contribution >= 4 is 16.5 Å². The Labute approximate surface area is 99.3 Å². The number of hydrogen-bond acceptors (Lipinski definition) is 4. The summed E-state index contributed by atoms with van der Waals surface area (Å²) < 4.78 is 0. The summed E-state index contributed by atoms with van der Waals surface area (Å²) in [7, 11) is 0. The van der Waals surface area contributed by atoms with Crippen LogP contribution in [0.5, 0.6) is 0 Å².